The van der Waals surface area contributed by atoms with E-state index in [1.807, 2.05) is 4.90 Å². The van der Waals surface area contributed by atoms with Crippen LogP contribution < -0.4 is 4.74 Å². The Bertz CT molecular complexity index is 878. The number of rotatable bonds is 4. The van der Waals surface area contributed by atoms with Crippen LogP contribution in [0, 0.1) is 6.92 Å². The van der Waals surface area contributed by atoms with E-state index in [0.717, 1.165) is 63.0 Å². The van der Waals surface area contributed by atoms with Crippen molar-refractivity contribution in [3.8, 4) is 5.75 Å². The molecular weight excluding hydrogens is 366 g/mol. The van der Waals surface area contributed by atoms with Crippen molar-refractivity contribution in [2.75, 3.05) is 26.7 Å². The summed E-state index contributed by atoms with van der Waals surface area (Å²) in [6.45, 7) is 7.85. The summed E-state index contributed by atoms with van der Waals surface area (Å²) >= 11 is 0. The fourth-order valence-electron chi connectivity index (χ4n) is 4.58. The van der Waals surface area contributed by atoms with Crippen LogP contribution in [0.3, 0.4) is 0 Å². The second kappa shape index (κ2) is 8.53. The van der Waals surface area contributed by atoms with Crippen molar-refractivity contribution in [3.63, 3.8) is 0 Å². The van der Waals surface area contributed by atoms with Gasteiger partial charge in [-0.05, 0) is 37.9 Å². The average Bonchev–Trinajstić information content (AvgIpc) is 2.99. The molecule has 7 nitrogen and oxygen atoms in total. The van der Waals surface area contributed by atoms with E-state index in [-0.39, 0.29) is 11.9 Å². The van der Waals surface area contributed by atoms with Gasteiger partial charge in [-0.1, -0.05) is 18.6 Å². The lowest BCUT2D eigenvalue weighted by atomic mass is 9.99. The van der Waals surface area contributed by atoms with Gasteiger partial charge >= 0.3 is 0 Å². The largest absolute Gasteiger partial charge is 0.496 e. The smallest absolute Gasteiger partial charge is 0.219 e. The quantitative estimate of drug-likeness (QED) is 0.794. The van der Waals surface area contributed by atoms with Gasteiger partial charge in [0.1, 0.15) is 17.4 Å². The summed E-state index contributed by atoms with van der Waals surface area (Å²) in [5.74, 6) is 3.14. The number of methoxy groups -OCH3 is 1. The highest BCUT2D eigenvalue weighted by molar-refractivity contribution is 5.73. The Morgan fingerprint density at radius 3 is 2.83 bits per heavy atom. The van der Waals surface area contributed by atoms with E-state index in [1.54, 1.807) is 14.0 Å². The third-order valence-corrected chi connectivity index (χ3v) is 6.23. The van der Waals surface area contributed by atoms with Gasteiger partial charge in [0.05, 0.1) is 13.2 Å². The van der Waals surface area contributed by atoms with Crippen molar-refractivity contribution < 1.29 is 9.53 Å². The molecule has 4 rings (SSSR count). The minimum Gasteiger partial charge on any atom is -0.496 e. The standard InChI is InChI=1S/C22H31N5O2/c1-16-7-8-18(20(14-16)29-3)15-26-10-5-4-6-19(26)22-24-23-21-9-11-25(17(2)28)12-13-27(21)22/h7-8,14,19H,4-6,9-13,15H2,1-3H3/t19-/m1/s1. The SMILES string of the molecule is COc1cc(C)ccc1CN1CCCC[C@@H]1c1nnc2n1CCN(C(C)=O)CC2. The molecule has 7 heteroatoms. The highest BCUT2D eigenvalue weighted by atomic mass is 16.5. The van der Waals surface area contributed by atoms with E-state index in [9.17, 15) is 4.79 Å². The molecule has 0 bridgehead atoms. The number of hydrogen-bond acceptors (Lipinski definition) is 5. The molecule has 1 saturated heterocycles. The Hall–Kier alpha value is -2.41. The number of fused-ring (bicyclic) bond motifs is 1. The Morgan fingerprint density at radius 1 is 1.17 bits per heavy atom. The summed E-state index contributed by atoms with van der Waals surface area (Å²) in [6, 6.07) is 6.68. The van der Waals surface area contributed by atoms with Gasteiger partial charge in [-0.3, -0.25) is 9.69 Å². The first-order valence-electron chi connectivity index (χ1n) is 10.6. The van der Waals surface area contributed by atoms with E-state index in [2.05, 4.69) is 44.8 Å². The van der Waals surface area contributed by atoms with Gasteiger partial charge in [-0.15, -0.1) is 10.2 Å². The predicted molar refractivity (Wildman–Crippen MR) is 111 cm³/mol. The van der Waals surface area contributed by atoms with Crippen LogP contribution in [0.2, 0.25) is 0 Å². The second-order valence-corrected chi connectivity index (χ2v) is 8.18. The maximum absolute atomic E-state index is 11.8. The first-order valence-corrected chi connectivity index (χ1v) is 10.6. The summed E-state index contributed by atoms with van der Waals surface area (Å²) in [4.78, 5) is 16.2. The van der Waals surface area contributed by atoms with Crippen LogP contribution in [0.5, 0.6) is 5.75 Å². The summed E-state index contributed by atoms with van der Waals surface area (Å²) in [6.07, 6.45) is 4.26. The Kier molecular flexibility index (Phi) is 5.85. The summed E-state index contributed by atoms with van der Waals surface area (Å²) < 4.78 is 7.90. The molecule has 1 aromatic carbocycles. The monoisotopic (exact) mass is 397 g/mol. The molecule has 1 amide bonds. The summed E-state index contributed by atoms with van der Waals surface area (Å²) in [5.41, 5.74) is 2.42. The molecule has 2 aromatic rings. The van der Waals surface area contributed by atoms with Crippen molar-refractivity contribution in [3.05, 3.63) is 41.0 Å². The van der Waals surface area contributed by atoms with E-state index in [1.165, 1.54) is 24.0 Å². The Morgan fingerprint density at radius 2 is 2.03 bits per heavy atom. The molecule has 3 heterocycles. The number of carbonyl (C=O) groups is 1. The van der Waals surface area contributed by atoms with Crippen LogP contribution in [-0.2, 0) is 24.3 Å². The van der Waals surface area contributed by atoms with Crippen molar-refractivity contribution in [2.24, 2.45) is 0 Å². The van der Waals surface area contributed by atoms with E-state index in [4.69, 9.17) is 4.74 Å². The fourth-order valence-corrected chi connectivity index (χ4v) is 4.58. The molecule has 0 aliphatic carbocycles. The van der Waals surface area contributed by atoms with Gasteiger partial charge in [-0.25, -0.2) is 0 Å². The number of hydrogen-bond donors (Lipinski definition) is 0. The van der Waals surface area contributed by atoms with Crippen molar-refractivity contribution in [2.45, 2.75) is 58.7 Å². The van der Waals surface area contributed by atoms with Crippen LogP contribution >= 0.6 is 0 Å². The molecule has 1 aromatic heterocycles. The molecule has 1 atom stereocenters. The normalized spacial score (nSPS) is 20.2. The van der Waals surface area contributed by atoms with E-state index < -0.39 is 0 Å². The summed E-state index contributed by atoms with van der Waals surface area (Å²) in [7, 11) is 1.74. The Labute approximate surface area is 172 Å². The Balaban J connectivity index is 1.58. The molecule has 1 fully saturated rings. The molecular formula is C22H31N5O2. The zero-order chi connectivity index (χ0) is 20.4. The molecule has 2 aliphatic rings. The fraction of sp³-hybridized carbons (Fsp3) is 0.591. The van der Waals surface area contributed by atoms with E-state index in [0.29, 0.717) is 0 Å². The van der Waals surface area contributed by atoms with Crippen molar-refractivity contribution in [1.29, 1.82) is 0 Å². The zero-order valence-electron chi connectivity index (χ0n) is 17.7. The number of aromatic nitrogens is 3. The minimum absolute atomic E-state index is 0.135. The maximum Gasteiger partial charge on any atom is 0.219 e. The molecule has 29 heavy (non-hydrogen) atoms. The molecule has 156 valence electrons. The van der Waals surface area contributed by atoms with E-state index >= 15 is 0 Å². The van der Waals surface area contributed by atoms with Crippen LogP contribution in [0.4, 0.5) is 0 Å². The molecule has 0 radical (unpaired) electrons. The topological polar surface area (TPSA) is 63.5 Å². The number of piperidine rings is 1. The first kappa shape index (κ1) is 19.9. The molecule has 2 aliphatic heterocycles. The van der Waals surface area contributed by atoms with Gasteiger partial charge in [-0.2, -0.15) is 0 Å². The van der Waals surface area contributed by atoms with Crippen molar-refractivity contribution in [1.82, 2.24) is 24.6 Å². The lowest BCUT2D eigenvalue weighted by molar-refractivity contribution is -0.128. The molecule has 0 saturated carbocycles. The molecule has 0 unspecified atom stereocenters. The van der Waals surface area contributed by atoms with Crippen LogP contribution in [0.25, 0.3) is 0 Å². The van der Waals surface area contributed by atoms with Crippen LogP contribution in [0.1, 0.15) is 55.0 Å². The number of carbonyl (C=O) groups excluding carboxylic acids is 1. The number of benzene rings is 1. The zero-order valence-corrected chi connectivity index (χ0v) is 17.7. The number of nitrogens with zero attached hydrogens (tertiary/aromatic N) is 5. The third-order valence-electron chi connectivity index (χ3n) is 6.23. The predicted octanol–water partition coefficient (Wildman–Crippen LogP) is 2.73. The van der Waals surface area contributed by atoms with Gasteiger partial charge in [0.15, 0.2) is 0 Å². The van der Waals surface area contributed by atoms with Gasteiger partial charge < -0.3 is 14.2 Å². The second-order valence-electron chi connectivity index (χ2n) is 8.18. The lowest BCUT2D eigenvalue weighted by Gasteiger charge is -2.35. The average molecular weight is 398 g/mol. The number of ether oxygens (including phenoxy) is 1. The van der Waals surface area contributed by atoms with Gasteiger partial charge in [0.2, 0.25) is 5.91 Å². The van der Waals surface area contributed by atoms with Crippen LogP contribution in [0.15, 0.2) is 18.2 Å². The first-order chi connectivity index (χ1) is 14.1. The van der Waals surface area contributed by atoms with Gasteiger partial charge in [0.25, 0.3) is 0 Å². The third kappa shape index (κ3) is 4.15. The number of amides is 1. The number of likely N-dealkylation sites (tertiary alicyclic amines) is 1. The van der Waals surface area contributed by atoms with Crippen molar-refractivity contribution >= 4 is 5.91 Å². The highest BCUT2D eigenvalue weighted by Gasteiger charge is 2.31. The highest BCUT2D eigenvalue weighted by Crippen LogP contribution is 2.33. The van der Waals surface area contributed by atoms with Crippen LogP contribution in [-0.4, -0.2) is 57.2 Å². The summed E-state index contributed by atoms with van der Waals surface area (Å²) in [5, 5.41) is 9.11. The lowest BCUT2D eigenvalue weighted by Crippen LogP contribution is -2.35. The van der Waals surface area contributed by atoms with Gasteiger partial charge in [0, 0.05) is 45.1 Å². The maximum atomic E-state index is 11.8. The number of aryl methyl sites for hydroxylation is 1. The molecule has 0 N–H and O–H groups in total. The molecule has 0 spiro atoms. The minimum atomic E-state index is 0.135.